The molecule has 0 aliphatic heterocycles. The van der Waals surface area contributed by atoms with Crippen LogP contribution in [-0.2, 0) is 11.0 Å². The highest BCUT2D eigenvalue weighted by molar-refractivity contribution is 8.00. The van der Waals surface area contributed by atoms with E-state index in [1.54, 1.807) is 49.4 Å². The minimum absolute atomic E-state index is 0.0158. The molecule has 0 aromatic heterocycles. The van der Waals surface area contributed by atoms with E-state index >= 15 is 0 Å². The molecule has 0 aliphatic rings. The molecule has 0 radical (unpaired) electrons. The number of carbonyl (C=O) groups is 2. The molecule has 0 bridgehead atoms. The predicted octanol–water partition coefficient (Wildman–Crippen LogP) is 7.43. The minimum atomic E-state index is -4.55. The third-order valence-electron chi connectivity index (χ3n) is 4.87. The van der Waals surface area contributed by atoms with Crippen LogP contribution in [0.3, 0.4) is 0 Å². The number of hydrogen-bond acceptors (Lipinski definition) is 3. The normalized spacial score (nSPS) is 12.2. The number of aryl methyl sites for hydroxylation is 1. The number of benzene rings is 3. The lowest BCUT2D eigenvalue weighted by Gasteiger charge is -2.17. The maximum atomic E-state index is 13.0. The van der Waals surface area contributed by atoms with Gasteiger partial charge >= 0.3 is 6.18 Å². The van der Waals surface area contributed by atoms with E-state index in [4.69, 9.17) is 11.6 Å². The summed E-state index contributed by atoms with van der Waals surface area (Å²) in [6, 6.07) is 17.0. The Morgan fingerprint density at radius 1 is 1.00 bits per heavy atom. The highest BCUT2D eigenvalue weighted by atomic mass is 35.5. The van der Waals surface area contributed by atoms with Crippen LogP contribution in [-0.4, -0.2) is 17.1 Å². The number of anilines is 2. The van der Waals surface area contributed by atoms with Crippen molar-refractivity contribution in [3.8, 4) is 0 Å². The Bertz CT molecular complexity index is 1200. The van der Waals surface area contributed by atoms with Crippen molar-refractivity contribution in [3.05, 3.63) is 88.4 Å². The first-order chi connectivity index (χ1) is 16.1. The Balaban J connectivity index is 1.71. The SMILES string of the molecule is CCC(Sc1cccc(NC(=O)c2cccc(C)c2)c1)C(=O)Nc1cc(C(F)(F)F)ccc1Cl. The fourth-order valence-electron chi connectivity index (χ4n) is 3.13. The fraction of sp³-hybridized carbons (Fsp3) is 0.200. The third kappa shape index (κ3) is 6.77. The van der Waals surface area contributed by atoms with Crippen molar-refractivity contribution >= 4 is 46.6 Å². The lowest BCUT2D eigenvalue weighted by atomic mass is 10.1. The van der Waals surface area contributed by atoms with E-state index in [2.05, 4.69) is 10.6 Å². The summed E-state index contributed by atoms with van der Waals surface area (Å²) in [6.07, 6.45) is -4.13. The minimum Gasteiger partial charge on any atom is -0.324 e. The van der Waals surface area contributed by atoms with Crippen molar-refractivity contribution in [2.24, 2.45) is 0 Å². The molecule has 3 rings (SSSR count). The zero-order chi connectivity index (χ0) is 24.9. The van der Waals surface area contributed by atoms with Gasteiger partial charge in [-0.2, -0.15) is 13.2 Å². The molecule has 0 aliphatic carbocycles. The van der Waals surface area contributed by atoms with Crippen LogP contribution in [0, 0.1) is 6.92 Å². The highest BCUT2D eigenvalue weighted by Gasteiger charge is 2.31. The molecule has 0 fully saturated rings. The van der Waals surface area contributed by atoms with Crippen molar-refractivity contribution in [2.45, 2.75) is 36.6 Å². The molecule has 34 heavy (non-hydrogen) atoms. The summed E-state index contributed by atoms with van der Waals surface area (Å²) in [7, 11) is 0. The molecular formula is C25H22ClF3N2O2S. The number of thioether (sulfide) groups is 1. The van der Waals surface area contributed by atoms with Gasteiger partial charge in [0.1, 0.15) is 0 Å². The second-order valence-electron chi connectivity index (χ2n) is 7.55. The molecule has 0 saturated carbocycles. The van der Waals surface area contributed by atoms with Crippen LogP contribution in [0.4, 0.5) is 24.5 Å². The van der Waals surface area contributed by atoms with Gasteiger partial charge in [-0.3, -0.25) is 9.59 Å². The van der Waals surface area contributed by atoms with Crippen molar-refractivity contribution in [1.29, 1.82) is 0 Å². The number of halogens is 4. The quantitative estimate of drug-likeness (QED) is 0.328. The smallest absolute Gasteiger partial charge is 0.324 e. The second kappa shape index (κ2) is 11.0. The molecule has 3 aromatic carbocycles. The van der Waals surface area contributed by atoms with E-state index in [-0.39, 0.29) is 16.6 Å². The Morgan fingerprint density at radius 3 is 2.41 bits per heavy atom. The van der Waals surface area contributed by atoms with Crippen LogP contribution in [0.5, 0.6) is 0 Å². The van der Waals surface area contributed by atoms with Gasteiger partial charge in [-0.25, -0.2) is 0 Å². The molecular weight excluding hydrogens is 485 g/mol. The summed E-state index contributed by atoms with van der Waals surface area (Å²) >= 11 is 7.24. The Labute approximate surface area is 204 Å². The first-order valence-electron chi connectivity index (χ1n) is 10.4. The zero-order valence-electron chi connectivity index (χ0n) is 18.4. The summed E-state index contributed by atoms with van der Waals surface area (Å²) < 4.78 is 39.0. The number of rotatable bonds is 7. The fourth-order valence-corrected chi connectivity index (χ4v) is 4.31. The van der Waals surface area contributed by atoms with E-state index < -0.39 is 22.9 Å². The lowest BCUT2D eigenvalue weighted by molar-refractivity contribution is -0.137. The average molecular weight is 507 g/mol. The number of alkyl halides is 3. The molecule has 2 amide bonds. The molecule has 9 heteroatoms. The average Bonchev–Trinajstić information content (AvgIpc) is 2.78. The Morgan fingerprint density at radius 2 is 1.74 bits per heavy atom. The van der Waals surface area contributed by atoms with Gasteiger partial charge < -0.3 is 10.6 Å². The van der Waals surface area contributed by atoms with Crippen LogP contribution in [0.2, 0.25) is 5.02 Å². The Hall–Kier alpha value is -2.97. The number of carbonyl (C=O) groups excluding carboxylic acids is 2. The van der Waals surface area contributed by atoms with Crippen LogP contribution in [0.1, 0.15) is 34.8 Å². The molecule has 0 spiro atoms. The standard InChI is InChI=1S/C25H22ClF3N2O2S/c1-3-22(24(33)31-21-13-17(25(27,28)29)10-11-20(21)26)34-19-9-5-8-18(14-19)30-23(32)16-7-4-6-15(2)12-16/h4-14,22H,3H2,1-2H3,(H,30,32)(H,31,33). The number of amides is 2. The van der Waals surface area contributed by atoms with Gasteiger partial charge in [0, 0.05) is 16.1 Å². The van der Waals surface area contributed by atoms with Gasteiger partial charge in [-0.05, 0) is 61.9 Å². The van der Waals surface area contributed by atoms with E-state index in [9.17, 15) is 22.8 Å². The maximum Gasteiger partial charge on any atom is 0.416 e. The van der Waals surface area contributed by atoms with Crippen LogP contribution in [0.25, 0.3) is 0 Å². The predicted molar refractivity (Wildman–Crippen MR) is 131 cm³/mol. The molecule has 1 unspecified atom stereocenters. The van der Waals surface area contributed by atoms with Gasteiger partial charge in [0.05, 0.1) is 21.5 Å². The summed E-state index contributed by atoms with van der Waals surface area (Å²) in [5.74, 6) is -0.724. The second-order valence-corrected chi connectivity index (χ2v) is 9.23. The van der Waals surface area contributed by atoms with E-state index in [0.29, 0.717) is 17.7 Å². The van der Waals surface area contributed by atoms with Crippen LogP contribution in [0.15, 0.2) is 71.6 Å². The largest absolute Gasteiger partial charge is 0.416 e. The maximum absolute atomic E-state index is 13.0. The van der Waals surface area contributed by atoms with Gasteiger partial charge in [-0.15, -0.1) is 11.8 Å². The van der Waals surface area contributed by atoms with E-state index in [1.165, 1.54) is 11.8 Å². The van der Waals surface area contributed by atoms with Crippen molar-refractivity contribution in [2.75, 3.05) is 10.6 Å². The first kappa shape index (κ1) is 25.6. The lowest BCUT2D eigenvalue weighted by Crippen LogP contribution is -2.25. The summed E-state index contributed by atoms with van der Waals surface area (Å²) in [5.41, 5.74) is 1.06. The topological polar surface area (TPSA) is 58.2 Å². The van der Waals surface area contributed by atoms with Gasteiger partial charge in [0.15, 0.2) is 0 Å². The highest BCUT2D eigenvalue weighted by Crippen LogP contribution is 2.35. The van der Waals surface area contributed by atoms with Crippen LogP contribution >= 0.6 is 23.4 Å². The van der Waals surface area contributed by atoms with E-state index in [1.807, 2.05) is 13.0 Å². The molecule has 0 heterocycles. The summed E-state index contributed by atoms with van der Waals surface area (Å²) in [4.78, 5) is 26.0. The molecule has 2 N–H and O–H groups in total. The molecule has 178 valence electrons. The summed E-state index contributed by atoms with van der Waals surface area (Å²) in [5, 5.41) is 4.77. The van der Waals surface area contributed by atoms with Gasteiger partial charge in [0.2, 0.25) is 5.91 Å². The molecule has 1 atom stereocenters. The van der Waals surface area contributed by atoms with Crippen molar-refractivity contribution < 1.29 is 22.8 Å². The van der Waals surface area contributed by atoms with Gasteiger partial charge in [-0.1, -0.05) is 42.3 Å². The van der Waals surface area contributed by atoms with Gasteiger partial charge in [0.25, 0.3) is 5.91 Å². The Kier molecular flexibility index (Phi) is 8.28. The summed E-state index contributed by atoms with van der Waals surface area (Å²) in [6.45, 7) is 3.70. The number of nitrogens with one attached hydrogen (secondary N) is 2. The first-order valence-corrected chi connectivity index (χ1v) is 11.6. The molecule has 3 aromatic rings. The van der Waals surface area contributed by atoms with Crippen molar-refractivity contribution in [3.63, 3.8) is 0 Å². The molecule has 4 nitrogen and oxygen atoms in total. The monoisotopic (exact) mass is 506 g/mol. The van der Waals surface area contributed by atoms with Crippen LogP contribution < -0.4 is 10.6 Å². The number of hydrogen-bond donors (Lipinski definition) is 2. The molecule has 0 saturated heterocycles. The van der Waals surface area contributed by atoms with Crippen molar-refractivity contribution in [1.82, 2.24) is 0 Å². The third-order valence-corrected chi connectivity index (χ3v) is 6.55. The van der Waals surface area contributed by atoms with E-state index in [0.717, 1.165) is 28.7 Å². The zero-order valence-corrected chi connectivity index (χ0v) is 19.9.